The molecule has 0 aliphatic heterocycles. The number of hydrogen-bond donors (Lipinski definition) is 1. The van der Waals surface area contributed by atoms with Crippen molar-refractivity contribution in [1.82, 2.24) is 5.32 Å². The second-order valence-corrected chi connectivity index (χ2v) is 24.0. The fourth-order valence-corrected chi connectivity index (χ4v) is 9.95. The van der Waals surface area contributed by atoms with E-state index in [0.717, 1.165) is 77.0 Å². The smallest absolute Gasteiger partial charge is 0.306 e. The first kappa shape index (κ1) is 72.0. The molecule has 0 fully saturated rings. The van der Waals surface area contributed by atoms with Crippen molar-refractivity contribution in [3.05, 3.63) is 48.6 Å². The molecule has 74 heavy (non-hydrogen) atoms. The number of ether oxygens (including phenoxy) is 1. The van der Waals surface area contributed by atoms with Crippen molar-refractivity contribution in [2.45, 2.75) is 309 Å². The number of nitrogens with one attached hydrogen (secondary N) is 1. The zero-order valence-corrected chi connectivity index (χ0v) is 50.4. The molecule has 0 aromatic heterocycles. The van der Waals surface area contributed by atoms with Crippen LogP contribution in [0.5, 0.6) is 0 Å². The number of carbonyl (C=O) groups excluding carboxylic acids is 2. The second kappa shape index (κ2) is 54.3. The number of carbonyl (C=O) groups is 2. The van der Waals surface area contributed by atoms with E-state index in [0.29, 0.717) is 23.9 Å². The highest BCUT2D eigenvalue weighted by atomic mass is 31.2. The summed E-state index contributed by atoms with van der Waals surface area (Å²) in [6, 6.07) is -0.896. The molecule has 3 unspecified atom stereocenters. The first-order valence-corrected chi connectivity index (χ1v) is 32.9. The number of quaternary nitrogens is 1. The van der Waals surface area contributed by atoms with Gasteiger partial charge in [-0.3, -0.25) is 14.2 Å². The minimum Gasteiger partial charge on any atom is -0.756 e. The van der Waals surface area contributed by atoms with E-state index in [1.807, 2.05) is 33.3 Å². The number of esters is 1. The second-order valence-electron chi connectivity index (χ2n) is 22.6. The molecule has 0 spiro atoms. The number of allylic oxidation sites excluding steroid dienone is 7. The third-order valence-electron chi connectivity index (χ3n) is 14.1. The fourth-order valence-electron chi connectivity index (χ4n) is 9.23. The van der Waals surface area contributed by atoms with Crippen LogP contribution in [0, 0.1) is 0 Å². The van der Waals surface area contributed by atoms with Crippen molar-refractivity contribution >= 4 is 19.7 Å². The molecular formula is C64H121N2O7P. The van der Waals surface area contributed by atoms with Gasteiger partial charge < -0.3 is 28.5 Å². The third kappa shape index (κ3) is 54.7. The van der Waals surface area contributed by atoms with Gasteiger partial charge in [0.05, 0.1) is 33.8 Å². The Morgan fingerprint density at radius 3 is 1.28 bits per heavy atom. The number of nitrogens with zero attached hydrogens (tertiary/aromatic N) is 1. The highest BCUT2D eigenvalue weighted by Gasteiger charge is 2.27. The van der Waals surface area contributed by atoms with Crippen molar-refractivity contribution in [1.29, 1.82) is 0 Å². The van der Waals surface area contributed by atoms with Gasteiger partial charge in [0.1, 0.15) is 19.3 Å². The number of amides is 1. The number of likely N-dealkylation sites (N-methyl/N-ethyl adjacent to an activating group) is 1. The minimum atomic E-state index is -4.70. The molecule has 0 bridgehead atoms. The Hall–Kier alpha value is -2.03. The molecule has 434 valence electrons. The van der Waals surface area contributed by atoms with Crippen LogP contribution in [0.15, 0.2) is 48.6 Å². The van der Waals surface area contributed by atoms with E-state index in [9.17, 15) is 19.0 Å². The summed E-state index contributed by atoms with van der Waals surface area (Å²) < 4.78 is 30.3. The van der Waals surface area contributed by atoms with Gasteiger partial charge >= 0.3 is 5.97 Å². The van der Waals surface area contributed by atoms with Crippen molar-refractivity contribution in [2.75, 3.05) is 40.9 Å². The van der Waals surface area contributed by atoms with Crippen LogP contribution < -0.4 is 10.2 Å². The molecule has 0 saturated carbocycles. The predicted octanol–water partition coefficient (Wildman–Crippen LogP) is 18.6. The highest BCUT2D eigenvalue weighted by Crippen LogP contribution is 2.38. The predicted molar refractivity (Wildman–Crippen MR) is 316 cm³/mol. The Balaban J connectivity index is 5.12. The zero-order valence-electron chi connectivity index (χ0n) is 49.6. The third-order valence-corrected chi connectivity index (χ3v) is 15.0. The van der Waals surface area contributed by atoms with E-state index in [1.54, 1.807) is 0 Å². The van der Waals surface area contributed by atoms with Crippen LogP contribution in [0.3, 0.4) is 0 Å². The Labute approximate surface area is 458 Å². The first-order valence-electron chi connectivity index (χ1n) is 31.5. The van der Waals surface area contributed by atoms with Crippen LogP contribution in [0.1, 0.15) is 297 Å². The van der Waals surface area contributed by atoms with Crippen molar-refractivity contribution in [2.24, 2.45) is 0 Å². The molecule has 1 amide bonds. The van der Waals surface area contributed by atoms with E-state index in [-0.39, 0.29) is 24.9 Å². The molecule has 1 N–H and O–H groups in total. The van der Waals surface area contributed by atoms with E-state index in [4.69, 9.17) is 13.8 Å². The van der Waals surface area contributed by atoms with Crippen molar-refractivity contribution in [3.8, 4) is 0 Å². The summed E-state index contributed by atoms with van der Waals surface area (Å²) in [6.45, 7) is 6.72. The maximum atomic E-state index is 13.5. The Morgan fingerprint density at radius 1 is 0.486 bits per heavy atom. The fraction of sp³-hybridized carbons (Fsp3) is 0.844. The monoisotopic (exact) mass is 1060 g/mol. The van der Waals surface area contributed by atoms with Crippen molar-refractivity contribution < 1.29 is 37.3 Å². The van der Waals surface area contributed by atoms with Gasteiger partial charge in [0.15, 0.2) is 0 Å². The molecule has 0 rings (SSSR count). The molecular weight excluding hydrogens is 940 g/mol. The molecule has 0 radical (unpaired) electrons. The largest absolute Gasteiger partial charge is 0.756 e. The molecule has 0 aliphatic rings. The van der Waals surface area contributed by atoms with Gasteiger partial charge in [0.25, 0.3) is 7.82 Å². The van der Waals surface area contributed by atoms with Gasteiger partial charge in [-0.15, -0.1) is 0 Å². The van der Waals surface area contributed by atoms with E-state index < -0.39 is 26.6 Å². The SMILES string of the molecule is CC/C=C/C=C/C=C\CCCCCCCC(=O)NC(COP(=O)([O-])OCC[N+](C)(C)C)C(/C=C\CCCCCCCCCCCC)OC(=O)CCCCCCCCCCCCCCCCCCCCCCCCC. The minimum absolute atomic E-state index is 0.0258. The standard InChI is InChI=1S/C64H121N2O7P/c1-7-10-13-16-19-22-25-28-29-30-31-32-33-34-35-36-37-39-42-45-48-51-54-57-64(68)73-62(55-52-49-46-43-40-27-24-21-18-15-12-9-3)61(60-72-74(69,70)71-59-58-66(4,5)6)65-63(67)56-53-50-47-44-41-38-26-23-20-17-14-11-8-2/h11,14,17,20,23,26,52,55,61-62H,7-10,12-13,15-16,18-19,21-22,24-25,27-51,53-54,56-60H2,1-6H3,(H-,65,67,69,70)/b14-11+,20-17+,26-23-,55-52-. The lowest BCUT2D eigenvalue weighted by molar-refractivity contribution is -0.870. The van der Waals surface area contributed by atoms with E-state index in [2.05, 4.69) is 62.5 Å². The molecule has 3 atom stereocenters. The van der Waals surface area contributed by atoms with Crippen LogP contribution in [-0.4, -0.2) is 69.4 Å². The Kier molecular flexibility index (Phi) is 52.8. The van der Waals surface area contributed by atoms with Gasteiger partial charge in [-0.1, -0.05) is 282 Å². The summed E-state index contributed by atoms with van der Waals surface area (Å²) in [5.41, 5.74) is 0. The lowest BCUT2D eigenvalue weighted by Gasteiger charge is -2.30. The molecule has 0 heterocycles. The number of hydrogen-bond acceptors (Lipinski definition) is 7. The maximum absolute atomic E-state index is 13.5. The lowest BCUT2D eigenvalue weighted by Crippen LogP contribution is -2.47. The summed E-state index contributed by atoms with van der Waals surface area (Å²) in [4.78, 5) is 39.9. The highest BCUT2D eigenvalue weighted by molar-refractivity contribution is 7.45. The Morgan fingerprint density at radius 2 is 0.865 bits per heavy atom. The van der Waals surface area contributed by atoms with Crippen LogP contribution in [0.25, 0.3) is 0 Å². The summed E-state index contributed by atoms with van der Waals surface area (Å²) >= 11 is 0. The van der Waals surface area contributed by atoms with E-state index >= 15 is 0 Å². The first-order chi connectivity index (χ1) is 35.9. The Bertz CT molecular complexity index is 1410. The van der Waals surface area contributed by atoms with Crippen LogP contribution in [-0.2, 0) is 27.9 Å². The summed E-state index contributed by atoms with van der Waals surface area (Å²) in [7, 11) is 1.18. The summed E-state index contributed by atoms with van der Waals surface area (Å²) in [6.07, 6.45) is 66.6. The number of unbranched alkanes of at least 4 members (excludes halogenated alkanes) is 37. The average molecular weight is 1060 g/mol. The van der Waals surface area contributed by atoms with Crippen LogP contribution in [0.2, 0.25) is 0 Å². The van der Waals surface area contributed by atoms with Crippen molar-refractivity contribution in [3.63, 3.8) is 0 Å². The molecule has 9 nitrogen and oxygen atoms in total. The van der Waals surface area contributed by atoms with Crippen LogP contribution in [0.4, 0.5) is 0 Å². The normalized spacial score (nSPS) is 14.0. The number of rotatable bonds is 57. The molecule has 0 saturated heterocycles. The summed E-state index contributed by atoms with van der Waals surface area (Å²) in [5, 5.41) is 3.01. The van der Waals surface area contributed by atoms with Crippen LogP contribution >= 0.6 is 7.82 Å². The summed E-state index contributed by atoms with van der Waals surface area (Å²) in [5.74, 6) is -0.555. The molecule has 10 heteroatoms. The quantitative estimate of drug-likeness (QED) is 0.0161. The van der Waals surface area contributed by atoms with Gasteiger partial charge in [-0.2, -0.15) is 0 Å². The number of phosphoric acid groups is 1. The zero-order chi connectivity index (χ0) is 54.3. The maximum Gasteiger partial charge on any atom is 0.306 e. The average Bonchev–Trinajstić information content (AvgIpc) is 3.36. The number of phosphoric ester groups is 1. The molecule has 0 aromatic carbocycles. The molecule has 0 aromatic rings. The lowest BCUT2D eigenvalue weighted by atomic mass is 10.0. The van der Waals surface area contributed by atoms with Gasteiger partial charge in [0, 0.05) is 12.8 Å². The molecule has 0 aliphatic carbocycles. The van der Waals surface area contributed by atoms with Gasteiger partial charge in [-0.25, -0.2) is 0 Å². The van der Waals surface area contributed by atoms with Gasteiger partial charge in [-0.05, 0) is 51.0 Å². The van der Waals surface area contributed by atoms with E-state index in [1.165, 1.54) is 180 Å². The topological polar surface area (TPSA) is 114 Å². The van der Waals surface area contributed by atoms with Gasteiger partial charge in [0.2, 0.25) is 5.91 Å².